The molecule has 1 aromatic heterocycles. The Morgan fingerprint density at radius 3 is 2.35 bits per heavy atom. The number of thiazole rings is 1. The van der Waals surface area contributed by atoms with E-state index in [4.69, 9.17) is 0 Å². The Morgan fingerprint density at radius 2 is 1.65 bits per heavy atom. The fourth-order valence-electron chi connectivity index (χ4n) is 3.70. The molecule has 1 aliphatic heterocycles. The Hall–Kier alpha value is -2.55. The highest BCUT2D eigenvalue weighted by Gasteiger charge is 2.30. The van der Waals surface area contributed by atoms with Crippen molar-refractivity contribution in [3.05, 3.63) is 70.0 Å². The molecule has 3 aromatic rings. The molecule has 2 heterocycles. The lowest BCUT2D eigenvalue weighted by atomic mass is 10.1. The molecule has 1 fully saturated rings. The summed E-state index contributed by atoms with van der Waals surface area (Å²) in [4.78, 5) is 20.6. The van der Waals surface area contributed by atoms with E-state index >= 15 is 0 Å². The van der Waals surface area contributed by atoms with Gasteiger partial charge in [0.1, 0.15) is 4.88 Å². The molecular formula is C23H25N3O3S2. The minimum atomic E-state index is -3.58. The minimum absolute atomic E-state index is 0.0842. The summed E-state index contributed by atoms with van der Waals surface area (Å²) in [5, 5.41) is 0.834. The van der Waals surface area contributed by atoms with E-state index < -0.39 is 10.0 Å². The predicted molar refractivity (Wildman–Crippen MR) is 123 cm³/mol. The number of sulfonamides is 1. The third-order valence-electron chi connectivity index (χ3n) is 5.38. The van der Waals surface area contributed by atoms with E-state index in [1.165, 1.54) is 15.6 Å². The van der Waals surface area contributed by atoms with Gasteiger partial charge < -0.3 is 4.90 Å². The quantitative estimate of drug-likeness (QED) is 0.597. The lowest BCUT2D eigenvalue weighted by Gasteiger charge is -2.22. The molecule has 0 unspecified atom stereocenters. The number of carbonyl (C=O) groups is 1. The second kappa shape index (κ2) is 8.90. The normalized spacial score (nSPS) is 15.6. The molecule has 6 nitrogen and oxygen atoms in total. The number of hydrogen-bond donors (Lipinski definition) is 0. The topological polar surface area (TPSA) is 70.6 Å². The van der Waals surface area contributed by atoms with Gasteiger partial charge in [-0.25, -0.2) is 13.4 Å². The molecule has 0 saturated carbocycles. The largest absolute Gasteiger partial charge is 0.337 e. The summed E-state index contributed by atoms with van der Waals surface area (Å²) in [6, 6.07) is 16.6. The molecule has 162 valence electrons. The summed E-state index contributed by atoms with van der Waals surface area (Å²) in [6.07, 6.45) is 0.593. The molecule has 0 atom stereocenters. The van der Waals surface area contributed by atoms with Gasteiger partial charge in [-0.05, 0) is 32.4 Å². The zero-order valence-electron chi connectivity index (χ0n) is 17.6. The summed E-state index contributed by atoms with van der Waals surface area (Å²) in [6.45, 7) is 5.37. The van der Waals surface area contributed by atoms with Crippen LogP contribution in [0.4, 0.5) is 0 Å². The van der Waals surface area contributed by atoms with Crippen LogP contribution in [-0.4, -0.2) is 54.7 Å². The average molecular weight is 456 g/mol. The number of hydrogen-bond acceptors (Lipinski definition) is 5. The first-order valence-corrected chi connectivity index (χ1v) is 12.5. The van der Waals surface area contributed by atoms with Crippen LogP contribution >= 0.6 is 11.3 Å². The van der Waals surface area contributed by atoms with Crippen LogP contribution in [0.1, 0.15) is 26.7 Å². The molecule has 0 spiro atoms. The first-order chi connectivity index (χ1) is 14.9. The molecule has 1 amide bonds. The lowest BCUT2D eigenvalue weighted by Crippen LogP contribution is -2.37. The van der Waals surface area contributed by atoms with Crippen LogP contribution in [0.15, 0.2) is 59.5 Å². The first-order valence-electron chi connectivity index (χ1n) is 10.3. The van der Waals surface area contributed by atoms with E-state index in [-0.39, 0.29) is 12.5 Å². The number of aromatic nitrogens is 1. The molecule has 0 aliphatic carbocycles. The fourth-order valence-corrected chi connectivity index (χ4v) is 6.08. The maximum absolute atomic E-state index is 13.4. The van der Waals surface area contributed by atoms with E-state index in [9.17, 15) is 13.2 Å². The van der Waals surface area contributed by atoms with E-state index in [2.05, 4.69) is 4.98 Å². The van der Waals surface area contributed by atoms with Crippen LogP contribution in [0.2, 0.25) is 0 Å². The Labute approximate surface area is 187 Å². The maximum Gasteiger partial charge on any atom is 0.266 e. The van der Waals surface area contributed by atoms with Crippen LogP contribution < -0.4 is 0 Å². The highest BCUT2D eigenvalue weighted by molar-refractivity contribution is 7.89. The minimum Gasteiger partial charge on any atom is -0.337 e. The van der Waals surface area contributed by atoms with Gasteiger partial charge in [-0.3, -0.25) is 4.79 Å². The Bertz CT molecular complexity index is 1170. The lowest BCUT2D eigenvalue weighted by molar-refractivity contribution is 0.0769. The number of rotatable bonds is 4. The van der Waals surface area contributed by atoms with Crippen LogP contribution in [0.25, 0.3) is 11.3 Å². The molecule has 0 bridgehead atoms. The molecule has 0 radical (unpaired) electrons. The SMILES string of the molecule is Cc1ccc(S(=O)(=O)N2CCCN(C(=O)c3sc(C)nc3-c3ccccc3)CC2)cc1. The second-order valence-electron chi connectivity index (χ2n) is 7.64. The number of carbonyl (C=O) groups excluding carboxylic acids is 1. The van der Waals surface area contributed by atoms with E-state index in [1.54, 1.807) is 29.2 Å². The molecular weight excluding hydrogens is 430 g/mol. The maximum atomic E-state index is 13.4. The van der Waals surface area contributed by atoms with Gasteiger partial charge in [-0.2, -0.15) is 4.31 Å². The van der Waals surface area contributed by atoms with Crippen molar-refractivity contribution >= 4 is 27.3 Å². The van der Waals surface area contributed by atoms with Gasteiger partial charge in [0.2, 0.25) is 10.0 Å². The fraction of sp³-hybridized carbons (Fsp3) is 0.304. The van der Waals surface area contributed by atoms with Crippen molar-refractivity contribution in [1.29, 1.82) is 0 Å². The first kappa shape index (κ1) is 21.7. The molecule has 4 rings (SSSR count). The highest BCUT2D eigenvalue weighted by atomic mass is 32.2. The third-order valence-corrected chi connectivity index (χ3v) is 8.25. The van der Waals surface area contributed by atoms with Gasteiger partial charge in [0.05, 0.1) is 15.6 Å². The van der Waals surface area contributed by atoms with Crippen molar-refractivity contribution < 1.29 is 13.2 Å². The number of benzene rings is 2. The van der Waals surface area contributed by atoms with Gasteiger partial charge in [-0.15, -0.1) is 11.3 Å². The summed E-state index contributed by atoms with van der Waals surface area (Å²) < 4.78 is 27.6. The summed E-state index contributed by atoms with van der Waals surface area (Å²) in [5.74, 6) is -0.0842. The summed E-state index contributed by atoms with van der Waals surface area (Å²) in [7, 11) is -3.58. The van der Waals surface area contributed by atoms with Gasteiger partial charge in [0.15, 0.2) is 0 Å². The van der Waals surface area contributed by atoms with Crippen molar-refractivity contribution in [1.82, 2.24) is 14.2 Å². The Morgan fingerprint density at radius 1 is 0.935 bits per heavy atom. The number of aryl methyl sites for hydroxylation is 2. The van der Waals surface area contributed by atoms with Crippen LogP contribution in [0.5, 0.6) is 0 Å². The van der Waals surface area contributed by atoms with Gasteiger partial charge >= 0.3 is 0 Å². The predicted octanol–water partition coefficient (Wildman–Crippen LogP) is 3.96. The molecule has 1 aliphatic rings. The van der Waals surface area contributed by atoms with E-state index in [0.29, 0.717) is 41.5 Å². The molecule has 1 saturated heterocycles. The molecule has 8 heteroatoms. The standard InChI is InChI=1S/C23H25N3O3S2/c1-17-9-11-20(12-10-17)31(28,29)26-14-6-13-25(15-16-26)23(27)22-21(24-18(2)30-22)19-7-4-3-5-8-19/h3-5,7-12H,6,13-16H2,1-2H3. The molecule has 31 heavy (non-hydrogen) atoms. The molecule has 2 aromatic carbocycles. The zero-order chi connectivity index (χ0) is 22.0. The smallest absolute Gasteiger partial charge is 0.266 e. The van der Waals surface area contributed by atoms with Crippen molar-refractivity contribution in [2.45, 2.75) is 25.2 Å². The molecule has 0 N–H and O–H groups in total. The van der Waals surface area contributed by atoms with Crippen LogP contribution in [0.3, 0.4) is 0 Å². The zero-order valence-corrected chi connectivity index (χ0v) is 19.2. The van der Waals surface area contributed by atoms with Crippen LogP contribution in [-0.2, 0) is 10.0 Å². The summed E-state index contributed by atoms with van der Waals surface area (Å²) in [5.41, 5.74) is 2.62. The van der Waals surface area contributed by atoms with Gasteiger partial charge in [0.25, 0.3) is 5.91 Å². The van der Waals surface area contributed by atoms with Crippen molar-refractivity contribution in [2.24, 2.45) is 0 Å². The Balaban J connectivity index is 1.53. The third kappa shape index (κ3) is 4.56. The van der Waals surface area contributed by atoms with Crippen molar-refractivity contribution in [3.63, 3.8) is 0 Å². The average Bonchev–Trinajstić information content (AvgIpc) is 2.99. The van der Waals surface area contributed by atoms with E-state index in [1.807, 2.05) is 44.2 Å². The summed E-state index contributed by atoms with van der Waals surface area (Å²) >= 11 is 1.39. The second-order valence-corrected chi connectivity index (χ2v) is 10.8. The number of amides is 1. The highest BCUT2D eigenvalue weighted by Crippen LogP contribution is 2.29. The van der Waals surface area contributed by atoms with Gasteiger partial charge in [-0.1, -0.05) is 48.0 Å². The Kier molecular flexibility index (Phi) is 6.22. The van der Waals surface area contributed by atoms with Crippen molar-refractivity contribution in [2.75, 3.05) is 26.2 Å². The number of nitrogens with zero attached hydrogens (tertiary/aromatic N) is 3. The van der Waals surface area contributed by atoms with Crippen molar-refractivity contribution in [3.8, 4) is 11.3 Å². The van der Waals surface area contributed by atoms with Crippen LogP contribution in [0, 0.1) is 13.8 Å². The van der Waals surface area contributed by atoms with Gasteiger partial charge in [0, 0.05) is 31.7 Å². The van der Waals surface area contributed by atoms with E-state index in [0.717, 1.165) is 16.1 Å². The monoisotopic (exact) mass is 455 g/mol.